The maximum atomic E-state index is 12.8. The number of aromatic nitrogens is 1. The second-order valence-corrected chi connectivity index (χ2v) is 8.71. The molecule has 0 bridgehead atoms. The van der Waals surface area contributed by atoms with Crippen LogP contribution in [-0.2, 0) is 16.1 Å². The Bertz CT molecular complexity index is 1380. The van der Waals surface area contributed by atoms with E-state index >= 15 is 0 Å². The molecule has 3 aromatic carbocycles. The molecule has 0 aliphatic carbocycles. The van der Waals surface area contributed by atoms with Crippen molar-refractivity contribution in [1.29, 1.82) is 0 Å². The molecule has 0 radical (unpaired) electrons. The minimum atomic E-state index is -0.392. The maximum Gasteiger partial charge on any atom is 0.340 e. The number of nitrogens with zero attached hydrogens (tertiary/aromatic N) is 1. The van der Waals surface area contributed by atoms with Gasteiger partial charge in [-0.1, -0.05) is 53.5 Å². The summed E-state index contributed by atoms with van der Waals surface area (Å²) in [6.45, 7) is 4.34. The maximum absolute atomic E-state index is 12.8. The molecule has 1 aromatic heterocycles. The molecule has 0 aliphatic heterocycles. The number of ether oxygens (including phenoxy) is 2. The van der Waals surface area contributed by atoms with Crippen LogP contribution in [0.1, 0.15) is 28.5 Å². The van der Waals surface area contributed by atoms with Gasteiger partial charge >= 0.3 is 5.97 Å². The first-order valence-corrected chi connectivity index (χ1v) is 11.8. The van der Waals surface area contributed by atoms with Gasteiger partial charge in [-0.05, 0) is 55.8 Å². The Hall–Kier alpha value is -3.48. The van der Waals surface area contributed by atoms with Gasteiger partial charge in [0.2, 0.25) is 0 Å². The molecule has 0 unspecified atom stereocenters. The smallest absolute Gasteiger partial charge is 0.340 e. The third-order valence-corrected chi connectivity index (χ3v) is 6.27. The molecule has 4 aromatic rings. The van der Waals surface area contributed by atoms with E-state index in [1.165, 1.54) is 0 Å². The average molecular weight is 511 g/mol. The van der Waals surface area contributed by atoms with Gasteiger partial charge in [0.25, 0.3) is 5.91 Å². The molecule has 180 valence electrons. The number of benzene rings is 3. The summed E-state index contributed by atoms with van der Waals surface area (Å²) < 4.78 is 13.1. The van der Waals surface area contributed by atoms with Gasteiger partial charge in [-0.15, -0.1) is 0 Å². The molecule has 6 nitrogen and oxygen atoms in total. The SMILES string of the molecule is CCOC(=O)c1c(C)n(Cc2ccccc2)c2ccc(OCC(=O)Nc3ccc(Cl)c(Cl)c3)cc12. The van der Waals surface area contributed by atoms with E-state index in [-0.39, 0.29) is 19.1 Å². The number of carbonyl (C=O) groups excluding carboxylic acids is 2. The van der Waals surface area contributed by atoms with Crippen LogP contribution in [0.5, 0.6) is 5.75 Å². The number of halogens is 2. The summed E-state index contributed by atoms with van der Waals surface area (Å²) in [7, 11) is 0. The Morgan fingerprint density at radius 1 is 0.971 bits per heavy atom. The van der Waals surface area contributed by atoms with Crippen molar-refractivity contribution in [3.8, 4) is 5.75 Å². The molecule has 0 atom stereocenters. The Balaban J connectivity index is 1.59. The lowest BCUT2D eigenvalue weighted by Gasteiger charge is -2.10. The molecule has 1 heterocycles. The summed E-state index contributed by atoms with van der Waals surface area (Å²) in [5.74, 6) is -0.285. The van der Waals surface area contributed by atoms with Crippen LogP contribution in [-0.4, -0.2) is 29.7 Å². The third kappa shape index (κ3) is 5.61. The normalized spacial score (nSPS) is 10.9. The first-order chi connectivity index (χ1) is 16.9. The van der Waals surface area contributed by atoms with Crippen LogP contribution < -0.4 is 10.1 Å². The molecule has 0 saturated carbocycles. The quantitative estimate of drug-likeness (QED) is 0.274. The predicted molar refractivity (Wildman–Crippen MR) is 139 cm³/mol. The van der Waals surface area contributed by atoms with Crippen LogP contribution in [0.2, 0.25) is 10.0 Å². The molecule has 0 saturated heterocycles. The van der Waals surface area contributed by atoms with E-state index in [2.05, 4.69) is 9.88 Å². The van der Waals surface area contributed by atoms with Crippen molar-refractivity contribution in [2.45, 2.75) is 20.4 Å². The molecule has 1 N–H and O–H groups in total. The largest absolute Gasteiger partial charge is 0.484 e. The molecule has 1 amide bonds. The molecule has 8 heteroatoms. The summed E-state index contributed by atoms with van der Waals surface area (Å²) in [6.07, 6.45) is 0. The van der Waals surface area contributed by atoms with E-state index in [0.717, 1.165) is 16.8 Å². The van der Waals surface area contributed by atoms with Gasteiger partial charge < -0.3 is 19.4 Å². The van der Waals surface area contributed by atoms with Gasteiger partial charge in [-0.3, -0.25) is 4.79 Å². The number of nitrogens with one attached hydrogen (secondary N) is 1. The number of rotatable bonds is 8. The molecule has 0 spiro atoms. The van der Waals surface area contributed by atoms with Crippen LogP contribution >= 0.6 is 23.2 Å². The lowest BCUT2D eigenvalue weighted by molar-refractivity contribution is -0.118. The molecular weight excluding hydrogens is 487 g/mol. The Labute approximate surface area is 213 Å². The Morgan fingerprint density at radius 2 is 1.74 bits per heavy atom. The second-order valence-electron chi connectivity index (χ2n) is 7.90. The predicted octanol–water partition coefficient (Wildman–Crippen LogP) is 6.50. The number of hydrogen-bond acceptors (Lipinski definition) is 4. The fourth-order valence-electron chi connectivity index (χ4n) is 3.90. The summed E-state index contributed by atoms with van der Waals surface area (Å²) in [5.41, 5.74) is 3.80. The zero-order valence-corrected chi connectivity index (χ0v) is 20.8. The van der Waals surface area contributed by atoms with Crippen molar-refractivity contribution in [1.82, 2.24) is 4.57 Å². The van der Waals surface area contributed by atoms with E-state index in [0.29, 0.717) is 39.0 Å². The molecule has 0 aliphatic rings. The highest BCUT2D eigenvalue weighted by atomic mass is 35.5. The van der Waals surface area contributed by atoms with Crippen LogP contribution in [0.15, 0.2) is 66.7 Å². The highest BCUT2D eigenvalue weighted by molar-refractivity contribution is 6.42. The van der Waals surface area contributed by atoms with Crippen molar-refractivity contribution >= 4 is 51.7 Å². The van der Waals surface area contributed by atoms with Crippen molar-refractivity contribution in [3.05, 3.63) is 93.6 Å². The lowest BCUT2D eigenvalue weighted by atomic mass is 10.1. The standard InChI is InChI=1S/C27H24Cl2N2O4/c1-3-34-27(33)26-17(2)31(15-18-7-5-4-6-8-18)24-12-10-20(14-21(24)26)35-16-25(32)30-19-9-11-22(28)23(29)13-19/h4-14H,3,15-16H2,1-2H3,(H,30,32). The number of esters is 1. The number of anilines is 1. The van der Waals surface area contributed by atoms with Crippen LogP contribution in [0, 0.1) is 6.92 Å². The van der Waals surface area contributed by atoms with Crippen molar-refractivity contribution < 1.29 is 19.1 Å². The molecule has 4 rings (SSSR count). The monoisotopic (exact) mass is 510 g/mol. The van der Waals surface area contributed by atoms with Crippen LogP contribution in [0.25, 0.3) is 10.9 Å². The van der Waals surface area contributed by atoms with Crippen LogP contribution in [0.3, 0.4) is 0 Å². The molecule has 0 fully saturated rings. The van der Waals surface area contributed by atoms with Crippen molar-refractivity contribution in [2.24, 2.45) is 0 Å². The first-order valence-electron chi connectivity index (χ1n) is 11.1. The zero-order chi connectivity index (χ0) is 24.9. The molecular formula is C27H24Cl2N2O4. The Morgan fingerprint density at radius 3 is 2.46 bits per heavy atom. The number of carbonyl (C=O) groups is 2. The summed E-state index contributed by atoms with van der Waals surface area (Å²) >= 11 is 11.9. The highest BCUT2D eigenvalue weighted by Crippen LogP contribution is 2.31. The summed E-state index contributed by atoms with van der Waals surface area (Å²) in [4.78, 5) is 25.2. The van der Waals surface area contributed by atoms with Crippen molar-refractivity contribution in [2.75, 3.05) is 18.5 Å². The minimum Gasteiger partial charge on any atom is -0.484 e. The fraction of sp³-hybridized carbons (Fsp3) is 0.185. The van der Waals surface area contributed by atoms with Gasteiger partial charge in [0.05, 0.1) is 22.2 Å². The van der Waals surface area contributed by atoms with Gasteiger partial charge in [0.1, 0.15) is 5.75 Å². The average Bonchev–Trinajstić information content (AvgIpc) is 3.11. The van der Waals surface area contributed by atoms with Gasteiger partial charge in [-0.25, -0.2) is 4.79 Å². The number of amides is 1. The lowest BCUT2D eigenvalue weighted by Crippen LogP contribution is -2.20. The fourth-order valence-corrected chi connectivity index (χ4v) is 4.20. The number of hydrogen-bond donors (Lipinski definition) is 1. The van der Waals surface area contributed by atoms with Crippen molar-refractivity contribution in [3.63, 3.8) is 0 Å². The topological polar surface area (TPSA) is 69.6 Å². The Kier molecular flexibility index (Phi) is 7.63. The van der Waals surface area contributed by atoms with E-state index in [4.69, 9.17) is 32.7 Å². The highest BCUT2D eigenvalue weighted by Gasteiger charge is 2.22. The van der Waals surface area contributed by atoms with E-state index in [9.17, 15) is 9.59 Å². The summed E-state index contributed by atoms with van der Waals surface area (Å²) in [5, 5.41) is 4.18. The zero-order valence-electron chi connectivity index (χ0n) is 19.3. The van der Waals surface area contributed by atoms with E-state index in [1.807, 2.05) is 43.3 Å². The van der Waals surface area contributed by atoms with E-state index < -0.39 is 5.97 Å². The summed E-state index contributed by atoms with van der Waals surface area (Å²) in [6, 6.07) is 20.3. The molecule has 35 heavy (non-hydrogen) atoms. The third-order valence-electron chi connectivity index (χ3n) is 5.53. The van der Waals surface area contributed by atoms with Gasteiger partial charge in [-0.2, -0.15) is 0 Å². The number of fused-ring (bicyclic) bond motifs is 1. The second kappa shape index (κ2) is 10.8. The first kappa shape index (κ1) is 24.6. The minimum absolute atomic E-state index is 0.218. The van der Waals surface area contributed by atoms with Crippen LogP contribution in [0.4, 0.5) is 5.69 Å². The van der Waals surface area contributed by atoms with Gasteiger partial charge in [0, 0.05) is 28.8 Å². The van der Waals surface area contributed by atoms with E-state index in [1.54, 1.807) is 37.3 Å². The van der Waals surface area contributed by atoms with Gasteiger partial charge in [0.15, 0.2) is 6.61 Å².